The zero-order chi connectivity index (χ0) is 10.8. The second-order valence-corrected chi connectivity index (χ2v) is 3.49. The lowest BCUT2D eigenvalue weighted by molar-refractivity contribution is 0.513. The van der Waals surface area contributed by atoms with Crippen LogP contribution in [0.15, 0.2) is 22.6 Å². The zero-order valence-corrected chi connectivity index (χ0v) is 8.82. The number of hydrogen-bond donors (Lipinski definition) is 1. The monoisotopic (exact) mass is 203 g/mol. The van der Waals surface area contributed by atoms with Gasteiger partial charge in [0.2, 0.25) is 11.8 Å². The smallest absolute Gasteiger partial charge is 0.247 e. The number of hydrogen-bond acceptors (Lipinski definition) is 4. The number of nitrogens with two attached hydrogens (primary N) is 1. The van der Waals surface area contributed by atoms with E-state index in [4.69, 9.17) is 10.2 Å². The maximum absolute atomic E-state index is 5.75. The molecule has 1 heterocycles. The van der Waals surface area contributed by atoms with Crippen molar-refractivity contribution >= 4 is 5.69 Å². The lowest BCUT2D eigenvalue weighted by Gasteiger charge is -1.99. The third-order valence-electron chi connectivity index (χ3n) is 2.12. The predicted octanol–water partition coefficient (Wildman–Crippen LogP) is 2.19. The van der Waals surface area contributed by atoms with E-state index in [1.807, 2.05) is 32.0 Å². The molecule has 0 aliphatic carbocycles. The fraction of sp³-hybridized carbons (Fsp3) is 0.273. The first-order valence-corrected chi connectivity index (χ1v) is 4.89. The molecule has 2 N–H and O–H groups in total. The molecule has 15 heavy (non-hydrogen) atoms. The van der Waals surface area contributed by atoms with Crippen molar-refractivity contribution in [2.24, 2.45) is 0 Å². The first-order valence-electron chi connectivity index (χ1n) is 4.89. The molecule has 0 unspecified atom stereocenters. The third kappa shape index (κ3) is 1.98. The number of anilines is 1. The normalized spacial score (nSPS) is 10.5. The number of aryl methyl sites for hydroxylation is 2. The van der Waals surface area contributed by atoms with Gasteiger partial charge in [0.05, 0.1) is 0 Å². The van der Waals surface area contributed by atoms with E-state index < -0.39 is 0 Å². The molecule has 0 radical (unpaired) electrons. The van der Waals surface area contributed by atoms with Crippen LogP contribution in [0.4, 0.5) is 5.69 Å². The van der Waals surface area contributed by atoms with Crippen LogP contribution in [0, 0.1) is 6.92 Å². The molecule has 4 heteroatoms. The van der Waals surface area contributed by atoms with Gasteiger partial charge in [-0.3, -0.25) is 0 Å². The highest BCUT2D eigenvalue weighted by atomic mass is 16.4. The molecule has 0 fully saturated rings. The van der Waals surface area contributed by atoms with Crippen LogP contribution in [0.1, 0.15) is 18.4 Å². The molecule has 4 nitrogen and oxygen atoms in total. The average Bonchev–Trinajstić information content (AvgIpc) is 2.64. The van der Waals surface area contributed by atoms with E-state index in [1.165, 1.54) is 0 Å². The van der Waals surface area contributed by atoms with E-state index in [1.54, 1.807) is 0 Å². The molecule has 0 amide bonds. The summed E-state index contributed by atoms with van der Waals surface area (Å²) >= 11 is 0. The Labute approximate surface area is 88.1 Å². The lowest BCUT2D eigenvalue weighted by atomic mass is 10.1. The minimum Gasteiger partial charge on any atom is -0.421 e. The summed E-state index contributed by atoms with van der Waals surface area (Å²) in [5.41, 5.74) is 8.41. The largest absolute Gasteiger partial charge is 0.421 e. The highest BCUT2D eigenvalue weighted by molar-refractivity contribution is 5.61. The third-order valence-corrected chi connectivity index (χ3v) is 2.12. The van der Waals surface area contributed by atoms with Crippen LogP contribution in [0.25, 0.3) is 11.5 Å². The van der Waals surface area contributed by atoms with Crippen molar-refractivity contribution in [1.82, 2.24) is 10.2 Å². The SMILES string of the molecule is CCc1nnc(-c2cc(C)cc(N)c2)o1. The van der Waals surface area contributed by atoms with Crippen LogP contribution in [-0.2, 0) is 6.42 Å². The van der Waals surface area contributed by atoms with E-state index in [2.05, 4.69) is 10.2 Å². The van der Waals surface area contributed by atoms with Gasteiger partial charge < -0.3 is 10.2 Å². The van der Waals surface area contributed by atoms with Gasteiger partial charge in [0.15, 0.2) is 0 Å². The minimum absolute atomic E-state index is 0.530. The van der Waals surface area contributed by atoms with Crippen LogP contribution in [0.5, 0.6) is 0 Å². The highest BCUT2D eigenvalue weighted by Gasteiger charge is 2.07. The molecule has 1 aromatic heterocycles. The number of rotatable bonds is 2. The van der Waals surface area contributed by atoms with Gasteiger partial charge in [0.25, 0.3) is 0 Å². The van der Waals surface area contributed by atoms with E-state index in [9.17, 15) is 0 Å². The molecule has 2 aromatic rings. The molecule has 0 saturated carbocycles. The summed E-state index contributed by atoms with van der Waals surface area (Å²) in [7, 11) is 0. The Kier molecular flexibility index (Phi) is 2.41. The van der Waals surface area contributed by atoms with Crippen LogP contribution in [0.3, 0.4) is 0 Å². The number of nitrogens with zero attached hydrogens (tertiary/aromatic N) is 2. The van der Waals surface area contributed by atoms with Gasteiger partial charge in [-0.1, -0.05) is 6.92 Å². The van der Waals surface area contributed by atoms with Crippen molar-refractivity contribution in [1.29, 1.82) is 0 Å². The van der Waals surface area contributed by atoms with E-state index in [0.29, 0.717) is 17.5 Å². The number of nitrogen functional groups attached to an aromatic ring is 1. The fourth-order valence-corrected chi connectivity index (χ4v) is 1.45. The average molecular weight is 203 g/mol. The Balaban J connectivity index is 2.44. The van der Waals surface area contributed by atoms with Gasteiger partial charge >= 0.3 is 0 Å². The zero-order valence-electron chi connectivity index (χ0n) is 8.82. The van der Waals surface area contributed by atoms with Crippen molar-refractivity contribution in [3.8, 4) is 11.5 Å². The van der Waals surface area contributed by atoms with E-state index in [-0.39, 0.29) is 0 Å². The Hall–Kier alpha value is -1.84. The fourth-order valence-electron chi connectivity index (χ4n) is 1.45. The standard InChI is InChI=1S/C11H13N3O/c1-3-10-13-14-11(15-10)8-4-7(2)5-9(12)6-8/h4-6H,3,12H2,1-2H3. The summed E-state index contributed by atoms with van der Waals surface area (Å²) in [6.45, 7) is 3.96. The molecule has 0 aliphatic rings. The Morgan fingerprint density at radius 1 is 1.27 bits per heavy atom. The van der Waals surface area contributed by atoms with Gasteiger partial charge in [-0.2, -0.15) is 0 Å². The summed E-state index contributed by atoms with van der Waals surface area (Å²) in [4.78, 5) is 0. The van der Waals surface area contributed by atoms with Gasteiger partial charge in [-0.25, -0.2) is 0 Å². The van der Waals surface area contributed by atoms with Crippen LogP contribution < -0.4 is 5.73 Å². The van der Waals surface area contributed by atoms with Crippen LogP contribution in [0.2, 0.25) is 0 Å². The molecule has 78 valence electrons. The number of aromatic nitrogens is 2. The van der Waals surface area contributed by atoms with E-state index >= 15 is 0 Å². The van der Waals surface area contributed by atoms with E-state index in [0.717, 1.165) is 17.5 Å². The Bertz CT molecular complexity index is 456. The van der Waals surface area contributed by atoms with Gasteiger partial charge in [-0.05, 0) is 30.7 Å². The van der Waals surface area contributed by atoms with Crippen molar-refractivity contribution in [2.45, 2.75) is 20.3 Å². The second kappa shape index (κ2) is 3.73. The molecular weight excluding hydrogens is 190 g/mol. The van der Waals surface area contributed by atoms with Gasteiger partial charge in [-0.15, -0.1) is 10.2 Å². The molecule has 1 aromatic carbocycles. The van der Waals surface area contributed by atoms with Crippen molar-refractivity contribution in [2.75, 3.05) is 5.73 Å². The molecule has 0 aliphatic heterocycles. The molecular formula is C11H13N3O. The Morgan fingerprint density at radius 2 is 2.07 bits per heavy atom. The van der Waals surface area contributed by atoms with Gasteiger partial charge in [0.1, 0.15) is 0 Å². The predicted molar refractivity (Wildman–Crippen MR) is 58.3 cm³/mol. The van der Waals surface area contributed by atoms with Gasteiger partial charge in [0, 0.05) is 17.7 Å². The van der Waals surface area contributed by atoms with Crippen molar-refractivity contribution in [3.05, 3.63) is 29.7 Å². The van der Waals surface area contributed by atoms with Crippen LogP contribution in [-0.4, -0.2) is 10.2 Å². The summed E-state index contributed by atoms with van der Waals surface area (Å²) in [6.07, 6.45) is 0.744. The molecule has 0 atom stereocenters. The van der Waals surface area contributed by atoms with Crippen LogP contribution >= 0.6 is 0 Å². The summed E-state index contributed by atoms with van der Waals surface area (Å²) in [5, 5.41) is 7.88. The first kappa shape index (κ1) is 9.71. The molecule has 0 saturated heterocycles. The lowest BCUT2D eigenvalue weighted by Crippen LogP contribution is -1.87. The molecule has 0 bridgehead atoms. The first-order chi connectivity index (χ1) is 7.19. The Morgan fingerprint density at radius 3 is 2.67 bits per heavy atom. The maximum atomic E-state index is 5.75. The quantitative estimate of drug-likeness (QED) is 0.760. The summed E-state index contributed by atoms with van der Waals surface area (Å²) in [6, 6.07) is 5.71. The van der Waals surface area contributed by atoms with Crippen molar-refractivity contribution in [3.63, 3.8) is 0 Å². The topological polar surface area (TPSA) is 64.9 Å². The minimum atomic E-state index is 0.530. The summed E-state index contributed by atoms with van der Waals surface area (Å²) < 4.78 is 5.45. The molecule has 2 rings (SSSR count). The van der Waals surface area contributed by atoms with Crippen molar-refractivity contribution < 1.29 is 4.42 Å². The second-order valence-electron chi connectivity index (χ2n) is 3.49. The number of benzene rings is 1. The molecule has 0 spiro atoms. The summed E-state index contributed by atoms with van der Waals surface area (Å²) in [5.74, 6) is 1.17. The maximum Gasteiger partial charge on any atom is 0.247 e. The highest BCUT2D eigenvalue weighted by Crippen LogP contribution is 2.22.